The standard InChI is InChI=1S/C30H42O7.C29H44O8.C26H39NO6S.C25H41NO4.2CH4/c1-10-18(2)13-11-12-14-22(33-6)21(5)29(36-9)19(3)15-16-23-20(4)27(31)26-24(34-7)17-25(35-8)28(32)30(26)37-23;1-18-16-17-24(34-5)23(33-4)15-11-10-14-22(21-12-8-7-9-13-21)36-28(31)20(3)29(32)27(35-6)25(30)19(2)26(18)37-29;1-14-8-7-9-19-21(32-19)11-20(15(2)10-18-13-34-17(4)27-18)33-23(29)12-22(28)26(5,6)25(31)16(3)24(14)30;1-17(2)14-20(5)24(29)21(6)15-18(3)12-13-23(28)11-9-8-10-19(4)25(30)26-22(7)16-27;;/h10-14,17,19,21-22,29,32H,15-16H2,1-9H3;7-9,12-13,16-20,22-27,30,32H,10-11,14-15H2,1-6H3;10,13-14,16,19-22,24,28,30H,7-9,11-12H2,1-6H3;8-10,12-15,17,21-24,27-29H,11,16H2,1-7H3,(H,26,30);2*1H4/b13-11+,14-12+,18-10+;17-16+;15-10+;9-8+,13-12+,18-15+,19-10+,20-14+;;/t19-,21+,22-,29-;18-,19-,20+,22-,23-,24+,25-,26-,27+,29+;14-,16+,19+,20-,21-,22-,24-;21-,22+,23?,24+;;/m0001../s1. The number of nitrogens with one attached hydrogen (secondary N) is 1. The summed E-state index contributed by atoms with van der Waals surface area (Å²) in [5.74, 6) is -4.75. The maximum Gasteiger partial charge on any atom is 0.314 e. The van der Waals surface area contributed by atoms with E-state index < -0.39 is 89.9 Å². The van der Waals surface area contributed by atoms with E-state index in [4.69, 9.17) is 61.6 Å². The third-order valence-corrected chi connectivity index (χ3v) is 27.8. The fourth-order valence-corrected chi connectivity index (χ4v) is 18.4. The highest BCUT2D eigenvalue weighted by atomic mass is 32.1. The molecule has 4 aliphatic heterocycles. The van der Waals surface area contributed by atoms with Crippen LogP contribution in [0.25, 0.3) is 17.0 Å². The number of Topliss-reactive ketones (excluding diaryl/α,β-unsaturated/α-hetero) is 1. The molecule has 1 amide bonds. The number of methoxy groups -OCH3 is 7. The molecule has 2 aromatic heterocycles. The Balaban J connectivity index is 0.000000480. The van der Waals surface area contributed by atoms with E-state index >= 15 is 0 Å². The third kappa shape index (κ3) is 37.3. The van der Waals surface area contributed by atoms with Crippen LogP contribution < -0.4 is 20.2 Å². The molecule has 9 N–H and O–H groups in total. The molecule has 140 heavy (non-hydrogen) atoms. The molecule has 3 fully saturated rings. The number of ether oxygens (including phenoxy) is 11. The molecule has 0 aliphatic carbocycles. The lowest BCUT2D eigenvalue weighted by Gasteiger charge is -2.51. The van der Waals surface area contributed by atoms with Crippen molar-refractivity contribution in [3.05, 3.63) is 193 Å². The fraction of sp³-hybridized carbons (Fsp3) is 0.625. The molecular formula is C112H174N2O25S. The normalized spacial score (nSPS) is 27.7. The van der Waals surface area contributed by atoms with Crippen molar-refractivity contribution < 1.29 is 117 Å². The van der Waals surface area contributed by atoms with E-state index in [9.17, 15) is 59.7 Å². The monoisotopic (exact) mass is 1980 g/mol. The Morgan fingerprint density at radius 3 is 2.01 bits per heavy atom. The summed E-state index contributed by atoms with van der Waals surface area (Å²) in [7, 11) is 11.0. The quantitative estimate of drug-likeness (QED) is 0.00743. The molecule has 25 atom stereocenters. The first kappa shape index (κ1) is 126. The number of cyclic esters (lactones) is 2. The van der Waals surface area contributed by atoms with Crippen molar-refractivity contribution in [3.63, 3.8) is 0 Å². The lowest BCUT2D eigenvalue weighted by molar-refractivity contribution is -0.360. The van der Waals surface area contributed by atoms with Crippen molar-refractivity contribution in [1.82, 2.24) is 10.3 Å². The number of hydrogen-bond donors (Lipinski definition) is 9. The molecule has 8 rings (SSSR count). The Morgan fingerprint density at radius 1 is 0.757 bits per heavy atom. The largest absolute Gasteiger partial charge is 0.502 e. The Kier molecular flexibility index (Phi) is 55.4. The molecule has 0 saturated carbocycles. The summed E-state index contributed by atoms with van der Waals surface area (Å²) in [6.45, 7) is 39.5. The zero-order valence-electron chi connectivity index (χ0n) is 87.2. The van der Waals surface area contributed by atoms with Crippen LogP contribution in [-0.4, -0.2) is 223 Å². The summed E-state index contributed by atoms with van der Waals surface area (Å²) in [6.07, 6.45) is 28.9. The molecular weight excluding hydrogens is 1810 g/mol. The minimum Gasteiger partial charge on any atom is -0.502 e. The topological polar surface area (TPSA) is 390 Å². The number of aromatic nitrogens is 1. The molecule has 0 spiro atoms. The van der Waals surface area contributed by atoms with E-state index in [0.717, 1.165) is 71.5 Å². The summed E-state index contributed by atoms with van der Waals surface area (Å²) < 4.78 is 69.3. The van der Waals surface area contributed by atoms with Crippen LogP contribution in [-0.2, 0) is 68.2 Å². The molecule has 3 saturated heterocycles. The van der Waals surface area contributed by atoms with Crippen molar-refractivity contribution in [2.45, 2.75) is 341 Å². The van der Waals surface area contributed by atoms with Gasteiger partial charge in [0.25, 0.3) is 0 Å². The third-order valence-electron chi connectivity index (χ3n) is 27.0. The second-order valence-corrected chi connectivity index (χ2v) is 39.8. The zero-order chi connectivity index (χ0) is 103. The number of hydrogen-bond acceptors (Lipinski definition) is 27. The van der Waals surface area contributed by atoms with Gasteiger partial charge in [0.2, 0.25) is 17.4 Å². The first-order valence-corrected chi connectivity index (χ1v) is 49.6. The number of esters is 2. The number of epoxide rings is 1. The van der Waals surface area contributed by atoms with Crippen LogP contribution in [0, 0.1) is 72.5 Å². The highest BCUT2D eigenvalue weighted by molar-refractivity contribution is 7.09. The molecule has 2 bridgehead atoms. The number of rotatable bonds is 31. The number of phenols is 1. The molecule has 6 heterocycles. The van der Waals surface area contributed by atoms with Gasteiger partial charge in [0, 0.05) is 107 Å². The van der Waals surface area contributed by atoms with Crippen molar-refractivity contribution in [2.24, 2.45) is 58.7 Å². The van der Waals surface area contributed by atoms with Gasteiger partial charge in [-0.25, -0.2) is 4.98 Å². The number of allylic oxidation sites excluding steroid dienone is 10. The average molecular weight is 1980 g/mol. The van der Waals surface area contributed by atoms with Crippen LogP contribution in [0.3, 0.4) is 0 Å². The van der Waals surface area contributed by atoms with Gasteiger partial charge in [-0.15, -0.1) is 11.3 Å². The van der Waals surface area contributed by atoms with E-state index in [1.807, 2.05) is 153 Å². The number of fused-ring (bicyclic) bond motifs is 4. The van der Waals surface area contributed by atoms with Crippen LogP contribution in [0.5, 0.6) is 17.2 Å². The number of carbonyl (C=O) groups is 4. The van der Waals surface area contributed by atoms with Crippen LogP contribution in [0.15, 0.2) is 164 Å². The van der Waals surface area contributed by atoms with E-state index in [1.165, 1.54) is 33.0 Å². The van der Waals surface area contributed by atoms with Gasteiger partial charge < -0.3 is 103 Å². The smallest absolute Gasteiger partial charge is 0.314 e. The van der Waals surface area contributed by atoms with E-state index in [0.29, 0.717) is 60.7 Å². The molecule has 4 aliphatic rings. The fourth-order valence-electron chi connectivity index (χ4n) is 17.8. The highest BCUT2D eigenvalue weighted by Gasteiger charge is 2.59. The molecule has 788 valence electrons. The minimum atomic E-state index is -2.08. The summed E-state index contributed by atoms with van der Waals surface area (Å²) >= 11 is 1.56. The SMILES string of the molecule is C.C.C/C(=C\c1csc(C)n1)[C@@H]1C[C@@H]2O[C@@H]2CCC[C@H](C)[C@H](O)[C@@H](C)C(=O)C(C)(C)[C@@H](O)CC(=O)O1.C/C=C(C)/C=C/C=C/[C@H](OC)[C@@H](C)[C@@H](OC)[C@@H](C)CCc1oc2c(O)c(OC)cc(OC)c2c(=O)c1C.CC(/C=C/C(O)C/C=C/C=C(\C)C(=O)N[C@@H](C)CO)=C\[C@@H](C)[C@@H](O)/C(C)=C/C(C)C.CO[C@H]1CCCC[C@@H](c2ccccc2)OC(=O)[C@@H](C)[C@@]2(O)O[C@H]([C@@H](C)[C@H](O)[C@H]2OC)[C@@H](C)/C=C/[C@H]1OC. The number of benzene rings is 2. The number of carbonyl (C=O) groups excluding carboxylic acids is 4. The average Bonchev–Trinajstić information content (AvgIpc) is 1.40. The van der Waals surface area contributed by atoms with Crippen molar-refractivity contribution >= 4 is 52.0 Å². The number of nitrogens with zero attached hydrogens (tertiary/aromatic N) is 1. The number of aromatic hydroxyl groups is 1. The van der Waals surface area contributed by atoms with E-state index in [1.54, 1.807) is 113 Å². The Bertz CT molecular complexity index is 4820. The van der Waals surface area contributed by atoms with Gasteiger partial charge >= 0.3 is 11.9 Å². The summed E-state index contributed by atoms with van der Waals surface area (Å²) in [5.41, 5.74) is 5.37. The van der Waals surface area contributed by atoms with Gasteiger partial charge in [-0.1, -0.05) is 230 Å². The molecule has 2 aromatic carbocycles. The maximum absolute atomic E-state index is 13.5. The summed E-state index contributed by atoms with van der Waals surface area (Å²) in [6, 6.07) is 10.8. The second kappa shape index (κ2) is 61.7. The molecule has 1 unspecified atom stereocenters. The van der Waals surface area contributed by atoms with Crippen LogP contribution in [0.2, 0.25) is 0 Å². The zero-order valence-corrected chi connectivity index (χ0v) is 88.0. The lowest BCUT2D eigenvalue weighted by atomic mass is 9.73. The number of thiazole rings is 1. The lowest BCUT2D eigenvalue weighted by Crippen LogP contribution is -2.66. The van der Waals surface area contributed by atoms with Crippen LogP contribution in [0.4, 0.5) is 0 Å². The Labute approximate surface area is 839 Å². The number of amides is 1. The first-order valence-electron chi connectivity index (χ1n) is 48.7. The van der Waals surface area contributed by atoms with Gasteiger partial charge in [0.1, 0.15) is 53.0 Å². The molecule has 28 heteroatoms. The van der Waals surface area contributed by atoms with Crippen LogP contribution in [0.1, 0.15) is 251 Å². The minimum absolute atomic E-state index is 0. The van der Waals surface area contributed by atoms with Gasteiger partial charge in [-0.3, -0.25) is 24.0 Å². The number of aliphatic hydroxyl groups is 7. The number of phenolic OH excluding ortho intramolecular Hbond substituents is 1. The summed E-state index contributed by atoms with van der Waals surface area (Å²) in [5, 5.41) is 90.4. The van der Waals surface area contributed by atoms with Crippen molar-refractivity contribution in [3.8, 4) is 17.2 Å². The molecule has 0 radical (unpaired) electrons. The summed E-state index contributed by atoms with van der Waals surface area (Å²) in [4.78, 5) is 69.0. The van der Waals surface area contributed by atoms with Crippen LogP contribution >= 0.6 is 11.3 Å². The Hall–Kier alpha value is -8.40. The van der Waals surface area contributed by atoms with Crippen molar-refractivity contribution in [2.75, 3.05) is 56.4 Å². The van der Waals surface area contributed by atoms with Gasteiger partial charge in [0.15, 0.2) is 16.8 Å². The second-order valence-electron chi connectivity index (χ2n) is 38.7. The van der Waals surface area contributed by atoms with E-state index in [-0.39, 0.29) is 146 Å². The predicted octanol–water partition coefficient (Wildman–Crippen LogP) is 19.1. The van der Waals surface area contributed by atoms with Gasteiger partial charge in [-0.05, 0) is 155 Å². The molecule has 27 nitrogen and oxygen atoms in total. The number of aliphatic hydroxyl groups excluding tert-OH is 6. The van der Waals surface area contributed by atoms with Gasteiger partial charge in [0.05, 0.1) is 111 Å². The number of aryl methyl sites for hydroxylation is 2. The maximum atomic E-state index is 13.5. The first-order chi connectivity index (χ1) is 65.2. The number of ketones is 1. The molecule has 4 aromatic rings. The van der Waals surface area contributed by atoms with E-state index in [2.05, 4.69) is 57.1 Å². The predicted molar refractivity (Wildman–Crippen MR) is 556 cm³/mol. The van der Waals surface area contributed by atoms with Gasteiger partial charge in [-0.2, -0.15) is 0 Å². The highest BCUT2D eigenvalue weighted by Crippen LogP contribution is 2.45. The Morgan fingerprint density at radius 2 is 1.42 bits per heavy atom. The van der Waals surface area contributed by atoms with Crippen molar-refractivity contribution in [1.29, 1.82) is 0 Å².